The molecule has 1 aromatic heterocycles. The molecule has 4 heteroatoms. The number of pyridine rings is 1. The molecular formula is C17H29N3O. The van der Waals surface area contributed by atoms with Crippen LogP contribution in [0, 0.1) is 0 Å². The minimum absolute atomic E-state index is 0.273. The lowest BCUT2D eigenvalue weighted by Crippen LogP contribution is -2.40. The smallest absolute Gasteiger partial charge is 0.133 e. The van der Waals surface area contributed by atoms with Gasteiger partial charge in [0.25, 0.3) is 0 Å². The van der Waals surface area contributed by atoms with Gasteiger partial charge in [0.15, 0.2) is 0 Å². The second-order valence-electron chi connectivity index (χ2n) is 6.38. The Balaban J connectivity index is 2.11. The van der Waals surface area contributed by atoms with Crippen molar-refractivity contribution in [3.05, 3.63) is 23.9 Å². The highest BCUT2D eigenvalue weighted by Gasteiger charge is 2.33. The normalized spacial score (nSPS) is 18.7. The molecule has 1 fully saturated rings. The van der Waals surface area contributed by atoms with Crippen molar-refractivity contribution in [2.75, 3.05) is 25.0 Å². The van der Waals surface area contributed by atoms with E-state index in [1.54, 1.807) is 0 Å². The van der Waals surface area contributed by atoms with Crippen LogP contribution in [0.25, 0.3) is 0 Å². The highest BCUT2D eigenvalue weighted by Crippen LogP contribution is 2.32. The molecule has 0 spiro atoms. The summed E-state index contributed by atoms with van der Waals surface area (Å²) < 4.78 is 0. The average molecular weight is 291 g/mol. The summed E-state index contributed by atoms with van der Waals surface area (Å²) in [5, 5.41) is 14.1. The molecule has 0 aromatic carbocycles. The SMILES string of the molecule is CCCNC(C)c1cccnc1N(C)CC1(O)CCCC1. The summed E-state index contributed by atoms with van der Waals surface area (Å²) in [6, 6.07) is 4.39. The summed E-state index contributed by atoms with van der Waals surface area (Å²) in [7, 11) is 2.04. The van der Waals surface area contributed by atoms with Crippen molar-refractivity contribution in [1.29, 1.82) is 0 Å². The molecule has 0 amide bonds. The van der Waals surface area contributed by atoms with Crippen LogP contribution < -0.4 is 10.2 Å². The molecule has 1 aromatic rings. The van der Waals surface area contributed by atoms with Crippen LogP contribution in [0.2, 0.25) is 0 Å². The Bertz CT molecular complexity index is 443. The Morgan fingerprint density at radius 1 is 1.43 bits per heavy atom. The van der Waals surface area contributed by atoms with Crippen molar-refractivity contribution in [2.45, 2.75) is 57.6 Å². The Kier molecular flexibility index (Phi) is 5.59. The van der Waals surface area contributed by atoms with E-state index in [9.17, 15) is 5.11 Å². The third kappa shape index (κ3) is 4.17. The van der Waals surface area contributed by atoms with Crippen LogP contribution in [-0.4, -0.2) is 35.8 Å². The predicted octanol–water partition coefficient (Wildman–Crippen LogP) is 2.88. The molecule has 1 aliphatic rings. The molecule has 4 nitrogen and oxygen atoms in total. The van der Waals surface area contributed by atoms with Crippen molar-refractivity contribution >= 4 is 5.82 Å². The summed E-state index contributed by atoms with van der Waals surface area (Å²) in [5.41, 5.74) is 0.666. The quantitative estimate of drug-likeness (QED) is 0.811. The van der Waals surface area contributed by atoms with E-state index < -0.39 is 5.60 Å². The summed E-state index contributed by atoms with van der Waals surface area (Å²) in [6.45, 7) is 6.01. The average Bonchev–Trinajstić information content (AvgIpc) is 2.91. The first-order valence-electron chi connectivity index (χ1n) is 8.17. The number of hydrogen-bond acceptors (Lipinski definition) is 4. The van der Waals surface area contributed by atoms with Crippen LogP contribution in [0.5, 0.6) is 0 Å². The van der Waals surface area contributed by atoms with E-state index in [1.807, 2.05) is 19.3 Å². The van der Waals surface area contributed by atoms with E-state index in [-0.39, 0.29) is 6.04 Å². The first-order chi connectivity index (χ1) is 10.1. The van der Waals surface area contributed by atoms with Gasteiger partial charge >= 0.3 is 0 Å². The lowest BCUT2D eigenvalue weighted by atomic mass is 10.0. The zero-order valence-corrected chi connectivity index (χ0v) is 13.6. The van der Waals surface area contributed by atoms with Gasteiger partial charge in [-0.05, 0) is 38.8 Å². The number of anilines is 1. The van der Waals surface area contributed by atoms with Crippen LogP contribution in [0.3, 0.4) is 0 Å². The summed E-state index contributed by atoms with van der Waals surface area (Å²) in [4.78, 5) is 6.67. The fourth-order valence-corrected chi connectivity index (χ4v) is 3.24. The van der Waals surface area contributed by atoms with Gasteiger partial charge in [0.1, 0.15) is 5.82 Å². The van der Waals surface area contributed by atoms with E-state index in [4.69, 9.17) is 0 Å². The van der Waals surface area contributed by atoms with Crippen LogP contribution >= 0.6 is 0 Å². The number of nitrogens with zero attached hydrogens (tertiary/aromatic N) is 2. The van der Waals surface area contributed by atoms with E-state index in [0.717, 1.165) is 44.5 Å². The first kappa shape index (κ1) is 16.2. The fourth-order valence-electron chi connectivity index (χ4n) is 3.24. The molecule has 21 heavy (non-hydrogen) atoms. The van der Waals surface area contributed by atoms with Gasteiger partial charge in [0.2, 0.25) is 0 Å². The minimum Gasteiger partial charge on any atom is -0.388 e. The lowest BCUT2D eigenvalue weighted by Gasteiger charge is -2.31. The van der Waals surface area contributed by atoms with Gasteiger partial charge in [0, 0.05) is 31.4 Å². The molecule has 1 saturated carbocycles. The highest BCUT2D eigenvalue weighted by atomic mass is 16.3. The Hall–Kier alpha value is -1.13. The first-order valence-corrected chi connectivity index (χ1v) is 8.17. The van der Waals surface area contributed by atoms with E-state index >= 15 is 0 Å². The van der Waals surface area contributed by atoms with Crippen molar-refractivity contribution in [1.82, 2.24) is 10.3 Å². The van der Waals surface area contributed by atoms with Crippen LogP contribution in [0.1, 0.15) is 57.6 Å². The predicted molar refractivity (Wildman–Crippen MR) is 87.6 cm³/mol. The molecule has 1 heterocycles. The molecule has 0 saturated heterocycles. The third-order valence-electron chi connectivity index (χ3n) is 4.41. The zero-order chi connectivity index (χ0) is 15.3. The van der Waals surface area contributed by atoms with Crippen molar-refractivity contribution < 1.29 is 5.11 Å². The van der Waals surface area contributed by atoms with Crippen molar-refractivity contribution in [3.63, 3.8) is 0 Å². The van der Waals surface area contributed by atoms with Gasteiger partial charge in [-0.25, -0.2) is 4.98 Å². The maximum absolute atomic E-state index is 10.6. The second kappa shape index (κ2) is 7.23. The Morgan fingerprint density at radius 3 is 2.81 bits per heavy atom. The van der Waals surface area contributed by atoms with Crippen LogP contribution in [0.15, 0.2) is 18.3 Å². The molecule has 0 bridgehead atoms. The van der Waals surface area contributed by atoms with Gasteiger partial charge < -0.3 is 15.3 Å². The molecule has 118 valence electrons. The number of likely N-dealkylation sites (N-methyl/N-ethyl adjacent to an activating group) is 1. The van der Waals surface area contributed by atoms with E-state index in [1.165, 1.54) is 5.56 Å². The maximum atomic E-state index is 10.6. The Labute approximate surface area is 128 Å². The zero-order valence-electron chi connectivity index (χ0n) is 13.6. The van der Waals surface area contributed by atoms with Crippen molar-refractivity contribution in [2.24, 2.45) is 0 Å². The van der Waals surface area contributed by atoms with Gasteiger partial charge in [-0.3, -0.25) is 0 Å². The molecule has 1 atom stereocenters. The topological polar surface area (TPSA) is 48.4 Å². The fraction of sp³-hybridized carbons (Fsp3) is 0.706. The van der Waals surface area contributed by atoms with Crippen molar-refractivity contribution in [3.8, 4) is 0 Å². The molecule has 1 aliphatic carbocycles. The third-order valence-corrected chi connectivity index (χ3v) is 4.41. The standard InChI is InChI=1S/C17H29N3O/c1-4-11-18-14(2)15-8-7-12-19-16(15)20(3)13-17(21)9-5-6-10-17/h7-8,12,14,18,21H,4-6,9-11,13H2,1-3H3. The number of nitrogens with one attached hydrogen (secondary N) is 1. The number of rotatable bonds is 7. The number of aromatic nitrogens is 1. The van der Waals surface area contributed by atoms with Gasteiger partial charge in [-0.15, -0.1) is 0 Å². The monoisotopic (exact) mass is 291 g/mol. The maximum Gasteiger partial charge on any atom is 0.133 e. The largest absolute Gasteiger partial charge is 0.388 e. The molecular weight excluding hydrogens is 262 g/mol. The second-order valence-corrected chi connectivity index (χ2v) is 6.38. The highest BCUT2D eigenvalue weighted by molar-refractivity contribution is 5.48. The van der Waals surface area contributed by atoms with Gasteiger partial charge in [0.05, 0.1) is 5.60 Å². The van der Waals surface area contributed by atoms with Gasteiger partial charge in [-0.1, -0.05) is 25.8 Å². The number of hydrogen-bond donors (Lipinski definition) is 2. The summed E-state index contributed by atoms with van der Waals surface area (Å²) >= 11 is 0. The van der Waals surface area contributed by atoms with E-state index in [2.05, 4.69) is 35.1 Å². The number of aliphatic hydroxyl groups is 1. The minimum atomic E-state index is -0.538. The van der Waals surface area contributed by atoms with Gasteiger partial charge in [-0.2, -0.15) is 0 Å². The molecule has 2 N–H and O–H groups in total. The van der Waals surface area contributed by atoms with E-state index in [0.29, 0.717) is 6.54 Å². The summed E-state index contributed by atoms with van der Waals surface area (Å²) in [5.74, 6) is 0.980. The lowest BCUT2D eigenvalue weighted by molar-refractivity contribution is 0.0557. The molecule has 2 rings (SSSR count). The summed E-state index contributed by atoms with van der Waals surface area (Å²) in [6.07, 6.45) is 7.03. The Morgan fingerprint density at radius 2 is 2.14 bits per heavy atom. The van der Waals surface area contributed by atoms with Crippen LogP contribution in [0.4, 0.5) is 5.82 Å². The molecule has 0 aliphatic heterocycles. The molecule has 1 unspecified atom stereocenters. The van der Waals surface area contributed by atoms with Crippen LogP contribution in [-0.2, 0) is 0 Å². The molecule has 0 radical (unpaired) electrons.